The number of anilines is 1. The molecule has 0 aliphatic heterocycles. The molecule has 0 spiro atoms. The maximum Gasteiger partial charge on any atom is 0.319 e. The largest absolute Gasteiger partial charge is 0.392 e. The molecule has 0 aliphatic carbocycles. The molecule has 21 heavy (non-hydrogen) atoms. The summed E-state index contributed by atoms with van der Waals surface area (Å²) >= 11 is 5.96. The molecule has 0 atom stereocenters. The first-order valence-corrected chi connectivity index (χ1v) is 7.05. The fourth-order valence-electron chi connectivity index (χ4n) is 1.86. The van der Waals surface area contributed by atoms with E-state index in [0.717, 1.165) is 17.5 Å². The molecule has 0 fully saturated rings. The Balaban J connectivity index is 1.77. The summed E-state index contributed by atoms with van der Waals surface area (Å²) in [6, 6.07) is 14.4. The third kappa shape index (κ3) is 4.77. The van der Waals surface area contributed by atoms with Crippen LogP contribution >= 0.6 is 11.6 Å². The van der Waals surface area contributed by atoms with Gasteiger partial charge in [0.05, 0.1) is 17.3 Å². The van der Waals surface area contributed by atoms with E-state index in [9.17, 15) is 4.79 Å². The lowest BCUT2D eigenvalue weighted by molar-refractivity contribution is 0.252. The monoisotopic (exact) mass is 304 g/mol. The van der Waals surface area contributed by atoms with Crippen molar-refractivity contribution < 1.29 is 9.90 Å². The summed E-state index contributed by atoms with van der Waals surface area (Å²) in [6.45, 7) is 0.563. The van der Waals surface area contributed by atoms with Crippen LogP contribution in [-0.2, 0) is 13.0 Å². The molecule has 0 bridgehead atoms. The van der Waals surface area contributed by atoms with Crippen LogP contribution in [0, 0.1) is 0 Å². The molecule has 0 aliphatic rings. The molecule has 0 radical (unpaired) electrons. The van der Waals surface area contributed by atoms with Gasteiger partial charge in [-0.15, -0.1) is 0 Å². The molecule has 3 N–H and O–H groups in total. The minimum Gasteiger partial charge on any atom is -0.392 e. The molecule has 5 heteroatoms. The third-order valence-corrected chi connectivity index (χ3v) is 3.36. The van der Waals surface area contributed by atoms with Gasteiger partial charge in [-0.1, -0.05) is 48.0 Å². The smallest absolute Gasteiger partial charge is 0.319 e. The molecule has 0 saturated heterocycles. The number of rotatable bonds is 5. The number of benzene rings is 2. The topological polar surface area (TPSA) is 61.4 Å². The van der Waals surface area contributed by atoms with E-state index in [1.807, 2.05) is 36.4 Å². The van der Waals surface area contributed by atoms with E-state index in [0.29, 0.717) is 17.3 Å². The lowest BCUT2D eigenvalue weighted by Crippen LogP contribution is -2.30. The minimum atomic E-state index is -0.282. The number of hydrogen-bond acceptors (Lipinski definition) is 2. The molecule has 4 nitrogen and oxygen atoms in total. The highest BCUT2D eigenvalue weighted by molar-refractivity contribution is 6.33. The normalized spacial score (nSPS) is 10.2. The van der Waals surface area contributed by atoms with Crippen molar-refractivity contribution in [3.63, 3.8) is 0 Å². The second kappa shape index (κ2) is 7.67. The zero-order chi connectivity index (χ0) is 15.1. The second-order valence-corrected chi connectivity index (χ2v) is 4.99. The number of carbonyl (C=O) groups is 1. The second-order valence-electron chi connectivity index (χ2n) is 4.59. The Kier molecular flexibility index (Phi) is 5.60. The molecule has 2 aromatic carbocycles. The number of aliphatic hydroxyl groups is 1. The summed E-state index contributed by atoms with van der Waals surface area (Å²) in [4.78, 5) is 11.7. The summed E-state index contributed by atoms with van der Waals surface area (Å²) in [5, 5.41) is 14.9. The maximum absolute atomic E-state index is 11.7. The fraction of sp³-hybridized carbons (Fsp3) is 0.188. The van der Waals surface area contributed by atoms with E-state index in [1.165, 1.54) is 0 Å². The van der Waals surface area contributed by atoms with Gasteiger partial charge in [0.25, 0.3) is 0 Å². The molecule has 2 amide bonds. The maximum atomic E-state index is 11.7. The molecular weight excluding hydrogens is 288 g/mol. The summed E-state index contributed by atoms with van der Waals surface area (Å²) in [6.07, 6.45) is 0.724. The summed E-state index contributed by atoms with van der Waals surface area (Å²) in [7, 11) is 0. The van der Waals surface area contributed by atoms with E-state index in [4.69, 9.17) is 16.7 Å². The van der Waals surface area contributed by atoms with E-state index < -0.39 is 0 Å². The zero-order valence-electron chi connectivity index (χ0n) is 11.5. The van der Waals surface area contributed by atoms with Crippen LogP contribution in [-0.4, -0.2) is 17.7 Å². The van der Waals surface area contributed by atoms with Crippen molar-refractivity contribution >= 4 is 23.3 Å². The highest BCUT2D eigenvalue weighted by atomic mass is 35.5. The Morgan fingerprint density at radius 1 is 1.05 bits per heavy atom. The number of halogens is 1. The van der Waals surface area contributed by atoms with Crippen molar-refractivity contribution in [1.29, 1.82) is 0 Å². The predicted molar refractivity (Wildman–Crippen MR) is 84.5 cm³/mol. The molecule has 2 rings (SSSR count). The lowest BCUT2D eigenvalue weighted by Gasteiger charge is -2.09. The van der Waals surface area contributed by atoms with Crippen LogP contribution in [0.5, 0.6) is 0 Å². The Morgan fingerprint density at radius 3 is 2.38 bits per heavy atom. The number of aliphatic hydroxyl groups excluding tert-OH is 1. The van der Waals surface area contributed by atoms with Crippen molar-refractivity contribution in [3.8, 4) is 0 Å². The Bertz CT molecular complexity index is 599. The first-order chi connectivity index (χ1) is 10.2. The van der Waals surface area contributed by atoms with Crippen molar-refractivity contribution in [1.82, 2.24) is 5.32 Å². The summed E-state index contributed by atoms with van der Waals surface area (Å²) in [5.41, 5.74) is 2.57. The van der Waals surface area contributed by atoms with E-state index in [-0.39, 0.29) is 12.6 Å². The van der Waals surface area contributed by atoms with Gasteiger partial charge >= 0.3 is 6.03 Å². The number of amides is 2. The zero-order valence-corrected chi connectivity index (χ0v) is 12.2. The van der Waals surface area contributed by atoms with Gasteiger partial charge in [-0.3, -0.25) is 0 Å². The molecule has 0 heterocycles. The highest BCUT2D eigenvalue weighted by Crippen LogP contribution is 2.19. The minimum absolute atomic E-state index is 0.0404. The number of urea groups is 1. The van der Waals surface area contributed by atoms with E-state index >= 15 is 0 Å². The Morgan fingerprint density at radius 2 is 1.71 bits per heavy atom. The van der Waals surface area contributed by atoms with Gasteiger partial charge < -0.3 is 15.7 Å². The summed E-state index contributed by atoms with van der Waals surface area (Å²) < 4.78 is 0. The molecular formula is C16H17ClN2O2. The number of para-hydroxylation sites is 1. The molecule has 0 unspecified atom stereocenters. The molecule has 0 aromatic heterocycles. The van der Waals surface area contributed by atoms with Crippen molar-refractivity contribution in [2.75, 3.05) is 11.9 Å². The van der Waals surface area contributed by atoms with Crippen LogP contribution in [0.15, 0.2) is 48.5 Å². The third-order valence-electron chi connectivity index (χ3n) is 3.03. The average molecular weight is 305 g/mol. The van der Waals surface area contributed by atoms with Gasteiger partial charge in [-0.2, -0.15) is 0 Å². The SMILES string of the molecule is O=C(NCCc1ccc(CO)cc1)Nc1ccccc1Cl. The highest BCUT2D eigenvalue weighted by Gasteiger charge is 2.04. The van der Waals surface area contributed by atoms with Crippen LogP contribution in [0.2, 0.25) is 5.02 Å². The number of hydrogen-bond donors (Lipinski definition) is 3. The van der Waals surface area contributed by atoms with Crippen molar-refractivity contribution in [2.24, 2.45) is 0 Å². The molecule has 110 valence electrons. The quantitative estimate of drug-likeness (QED) is 0.794. The Labute approximate surface area is 128 Å². The summed E-state index contributed by atoms with van der Waals surface area (Å²) in [5.74, 6) is 0. The average Bonchev–Trinajstić information content (AvgIpc) is 2.50. The number of nitrogens with one attached hydrogen (secondary N) is 2. The molecule has 2 aromatic rings. The van der Waals surface area contributed by atoms with Gasteiger partial charge in [-0.25, -0.2) is 4.79 Å². The van der Waals surface area contributed by atoms with Crippen LogP contribution in [0.3, 0.4) is 0 Å². The van der Waals surface area contributed by atoms with Crippen LogP contribution in [0.4, 0.5) is 10.5 Å². The van der Waals surface area contributed by atoms with Crippen LogP contribution in [0.25, 0.3) is 0 Å². The Hall–Kier alpha value is -2.04. The van der Waals surface area contributed by atoms with Gasteiger partial charge in [0.15, 0.2) is 0 Å². The standard InChI is InChI=1S/C16H17ClN2O2/c17-14-3-1-2-4-15(14)19-16(21)18-10-9-12-5-7-13(11-20)8-6-12/h1-8,20H,9-11H2,(H2,18,19,21). The lowest BCUT2D eigenvalue weighted by atomic mass is 10.1. The van der Waals surface area contributed by atoms with Crippen LogP contribution in [0.1, 0.15) is 11.1 Å². The predicted octanol–water partition coefficient (Wildman–Crippen LogP) is 3.20. The van der Waals surface area contributed by atoms with E-state index in [1.54, 1.807) is 12.1 Å². The van der Waals surface area contributed by atoms with Gasteiger partial charge in [-0.05, 0) is 29.7 Å². The first-order valence-electron chi connectivity index (χ1n) is 6.67. The van der Waals surface area contributed by atoms with Gasteiger partial charge in [0.1, 0.15) is 0 Å². The van der Waals surface area contributed by atoms with Gasteiger partial charge in [0.2, 0.25) is 0 Å². The van der Waals surface area contributed by atoms with E-state index in [2.05, 4.69) is 10.6 Å². The van der Waals surface area contributed by atoms with Crippen LogP contribution < -0.4 is 10.6 Å². The number of carbonyl (C=O) groups excluding carboxylic acids is 1. The van der Waals surface area contributed by atoms with Gasteiger partial charge in [0, 0.05) is 6.54 Å². The van der Waals surface area contributed by atoms with Crippen molar-refractivity contribution in [3.05, 3.63) is 64.7 Å². The fourth-order valence-corrected chi connectivity index (χ4v) is 2.04. The first kappa shape index (κ1) is 15.4. The molecule has 0 saturated carbocycles. The van der Waals surface area contributed by atoms with Crippen molar-refractivity contribution in [2.45, 2.75) is 13.0 Å².